The van der Waals surface area contributed by atoms with Crippen LogP contribution in [0, 0.1) is 5.13 Å². The molecule has 2 aromatic rings. The molecule has 186 valence electrons. The summed E-state index contributed by atoms with van der Waals surface area (Å²) in [7, 11) is 0.0398. The average molecular weight is 514 g/mol. The first kappa shape index (κ1) is 26.2. The number of rotatable bonds is 11. The standard InChI is InChI=1S/C21H28FN5O5S2/c1-4-27(11-10-26(2)3)34(29,30)17-7-5-15(6-8-17)19(25-32-16-9-12-31-14-16)20(28)24-21-23-13-18(22)33-21/h5-8,13,16H,4,9-12,14H2,1-3H3,(H,23,24,28)/t16-/m1/s1. The molecule has 0 bridgehead atoms. The van der Waals surface area contributed by atoms with Gasteiger partial charge in [-0.2, -0.15) is 8.70 Å². The summed E-state index contributed by atoms with van der Waals surface area (Å²) in [4.78, 5) is 24.1. The van der Waals surface area contributed by atoms with Gasteiger partial charge < -0.3 is 14.5 Å². The molecule has 1 N–H and O–H groups in total. The van der Waals surface area contributed by atoms with Crippen LogP contribution >= 0.6 is 11.3 Å². The van der Waals surface area contributed by atoms with Crippen molar-refractivity contribution in [2.45, 2.75) is 24.3 Å². The predicted octanol–water partition coefficient (Wildman–Crippen LogP) is 2.00. The Morgan fingerprint density at radius 3 is 2.62 bits per heavy atom. The highest BCUT2D eigenvalue weighted by atomic mass is 32.2. The van der Waals surface area contributed by atoms with Crippen molar-refractivity contribution in [2.24, 2.45) is 5.16 Å². The number of likely N-dealkylation sites (N-methyl/N-ethyl adjacent to an activating group) is 2. The Kier molecular flexibility index (Phi) is 9.08. The lowest BCUT2D eigenvalue weighted by atomic mass is 10.1. The molecule has 2 heterocycles. The number of thiazole rings is 1. The zero-order valence-corrected chi connectivity index (χ0v) is 20.9. The molecule has 0 spiro atoms. The molecule has 1 aromatic heterocycles. The fourth-order valence-corrected chi connectivity index (χ4v) is 5.09. The number of ether oxygens (including phenoxy) is 1. The highest BCUT2D eigenvalue weighted by Gasteiger charge is 2.25. The van der Waals surface area contributed by atoms with Crippen LogP contribution in [0.5, 0.6) is 0 Å². The molecule has 1 saturated heterocycles. The predicted molar refractivity (Wildman–Crippen MR) is 127 cm³/mol. The Balaban J connectivity index is 1.84. The van der Waals surface area contributed by atoms with Gasteiger partial charge in [-0.3, -0.25) is 10.1 Å². The normalized spacial score (nSPS) is 16.9. The number of hydrogen-bond donors (Lipinski definition) is 1. The second-order valence-electron chi connectivity index (χ2n) is 7.78. The van der Waals surface area contributed by atoms with Gasteiger partial charge in [0, 0.05) is 31.6 Å². The van der Waals surface area contributed by atoms with Crippen LogP contribution in [0.3, 0.4) is 0 Å². The summed E-state index contributed by atoms with van der Waals surface area (Å²) in [5, 5.41) is 6.03. The van der Waals surface area contributed by atoms with Gasteiger partial charge in [0.15, 0.2) is 22.1 Å². The number of anilines is 1. The van der Waals surface area contributed by atoms with Crippen molar-refractivity contribution in [3.8, 4) is 0 Å². The van der Waals surface area contributed by atoms with Crippen LogP contribution in [0.1, 0.15) is 18.9 Å². The van der Waals surface area contributed by atoms with Crippen molar-refractivity contribution in [2.75, 3.05) is 52.3 Å². The third kappa shape index (κ3) is 6.79. The Hall–Kier alpha value is -2.45. The molecule has 1 amide bonds. The van der Waals surface area contributed by atoms with Crippen molar-refractivity contribution in [3.05, 3.63) is 41.2 Å². The number of carbonyl (C=O) groups excluding carboxylic acids is 1. The molecular weight excluding hydrogens is 485 g/mol. The van der Waals surface area contributed by atoms with E-state index in [2.05, 4.69) is 15.5 Å². The van der Waals surface area contributed by atoms with Gasteiger partial charge in [0.25, 0.3) is 5.91 Å². The lowest BCUT2D eigenvalue weighted by molar-refractivity contribution is -0.110. The highest BCUT2D eigenvalue weighted by Crippen LogP contribution is 2.20. The number of amides is 1. The number of halogens is 1. The van der Waals surface area contributed by atoms with Gasteiger partial charge in [0.2, 0.25) is 10.0 Å². The summed E-state index contributed by atoms with van der Waals surface area (Å²) >= 11 is 0.676. The number of carbonyl (C=O) groups is 1. The Labute approximate surface area is 202 Å². The van der Waals surface area contributed by atoms with Crippen LogP contribution < -0.4 is 5.32 Å². The molecule has 3 rings (SSSR count). The van der Waals surface area contributed by atoms with Crippen molar-refractivity contribution >= 4 is 38.1 Å². The van der Waals surface area contributed by atoms with Crippen molar-refractivity contribution < 1.29 is 27.2 Å². The molecule has 1 aliphatic heterocycles. The van der Waals surface area contributed by atoms with Gasteiger partial charge in [-0.25, -0.2) is 13.4 Å². The van der Waals surface area contributed by atoms with Crippen LogP contribution in [-0.2, 0) is 24.4 Å². The first-order valence-corrected chi connectivity index (χ1v) is 13.0. The Bertz CT molecular complexity index is 1100. The number of aromatic nitrogens is 1. The van der Waals surface area contributed by atoms with E-state index in [1.807, 2.05) is 19.0 Å². The summed E-state index contributed by atoms with van der Waals surface area (Å²) in [6.45, 7) is 3.93. The van der Waals surface area contributed by atoms with Crippen LogP contribution in [0.4, 0.5) is 9.52 Å². The van der Waals surface area contributed by atoms with Gasteiger partial charge in [-0.05, 0) is 26.2 Å². The molecule has 0 saturated carbocycles. The quantitative estimate of drug-likeness (QED) is 0.361. The van der Waals surface area contributed by atoms with E-state index in [1.165, 1.54) is 28.6 Å². The fraction of sp³-hybridized carbons (Fsp3) is 0.476. The second-order valence-corrected chi connectivity index (χ2v) is 10.7. The van der Waals surface area contributed by atoms with Crippen LogP contribution in [0.15, 0.2) is 40.5 Å². The van der Waals surface area contributed by atoms with Crippen molar-refractivity contribution in [1.82, 2.24) is 14.2 Å². The van der Waals surface area contributed by atoms with Crippen molar-refractivity contribution in [1.29, 1.82) is 0 Å². The maximum atomic E-state index is 13.3. The molecule has 1 aromatic carbocycles. The first-order chi connectivity index (χ1) is 16.2. The molecule has 13 heteroatoms. The number of nitrogens with zero attached hydrogens (tertiary/aromatic N) is 4. The van der Waals surface area contributed by atoms with E-state index >= 15 is 0 Å². The number of nitrogens with one attached hydrogen (secondary N) is 1. The largest absolute Gasteiger partial charge is 0.389 e. The molecule has 1 fully saturated rings. The summed E-state index contributed by atoms with van der Waals surface area (Å²) in [6.07, 6.45) is 1.33. The number of oxime groups is 1. The van der Waals surface area contributed by atoms with E-state index in [9.17, 15) is 17.6 Å². The van der Waals surface area contributed by atoms with E-state index in [0.29, 0.717) is 56.2 Å². The van der Waals surface area contributed by atoms with Crippen molar-refractivity contribution in [3.63, 3.8) is 0 Å². The van der Waals surface area contributed by atoms with E-state index in [0.717, 1.165) is 6.20 Å². The molecule has 10 nitrogen and oxygen atoms in total. The number of sulfonamides is 1. The van der Waals surface area contributed by atoms with Crippen LogP contribution in [0.25, 0.3) is 0 Å². The molecule has 0 aliphatic carbocycles. The zero-order valence-electron chi connectivity index (χ0n) is 19.2. The van der Waals surface area contributed by atoms with Gasteiger partial charge >= 0.3 is 0 Å². The maximum Gasteiger partial charge on any atom is 0.280 e. The molecule has 34 heavy (non-hydrogen) atoms. The SMILES string of the molecule is CCN(CCN(C)C)S(=O)(=O)c1ccc(C(=NO[C@@H]2CCOC2)C(=O)Nc2ncc(F)s2)cc1. The summed E-state index contributed by atoms with van der Waals surface area (Å²) in [6, 6.07) is 5.82. The van der Waals surface area contributed by atoms with Gasteiger partial charge in [0.05, 0.1) is 24.3 Å². The fourth-order valence-electron chi connectivity index (χ4n) is 3.11. The molecular formula is C21H28FN5O5S2. The van der Waals surface area contributed by atoms with E-state index in [4.69, 9.17) is 9.57 Å². The average Bonchev–Trinajstić information content (AvgIpc) is 3.46. The van der Waals surface area contributed by atoms with E-state index < -0.39 is 21.1 Å². The lowest BCUT2D eigenvalue weighted by Crippen LogP contribution is -2.36. The second kappa shape index (κ2) is 11.8. The summed E-state index contributed by atoms with van der Waals surface area (Å²) in [5.41, 5.74) is 0.246. The third-order valence-electron chi connectivity index (χ3n) is 5.01. The highest BCUT2D eigenvalue weighted by molar-refractivity contribution is 7.89. The third-order valence-corrected chi connectivity index (χ3v) is 7.70. The monoisotopic (exact) mass is 513 g/mol. The van der Waals surface area contributed by atoms with Crippen LogP contribution in [-0.4, -0.2) is 87.3 Å². The summed E-state index contributed by atoms with van der Waals surface area (Å²) < 4.78 is 46.0. The molecule has 1 atom stereocenters. The van der Waals surface area contributed by atoms with E-state index in [1.54, 1.807) is 6.92 Å². The molecule has 0 radical (unpaired) electrons. The van der Waals surface area contributed by atoms with Crippen LogP contribution in [0.2, 0.25) is 0 Å². The lowest BCUT2D eigenvalue weighted by Gasteiger charge is -2.22. The number of benzene rings is 1. The van der Waals surface area contributed by atoms with Gasteiger partial charge in [-0.15, -0.1) is 0 Å². The smallest absolute Gasteiger partial charge is 0.280 e. The molecule has 1 aliphatic rings. The minimum atomic E-state index is -3.71. The summed E-state index contributed by atoms with van der Waals surface area (Å²) in [5.74, 6) is -0.662. The Morgan fingerprint density at radius 1 is 1.32 bits per heavy atom. The minimum Gasteiger partial charge on any atom is -0.389 e. The zero-order chi connectivity index (χ0) is 24.7. The van der Waals surface area contributed by atoms with Gasteiger partial charge in [-0.1, -0.05) is 35.5 Å². The van der Waals surface area contributed by atoms with E-state index in [-0.39, 0.29) is 21.8 Å². The van der Waals surface area contributed by atoms with Gasteiger partial charge in [0.1, 0.15) is 0 Å². The molecule has 0 unspecified atom stereocenters. The topological polar surface area (TPSA) is 113 Å². The first-order valence-electron chi connectivity index (χ1n) is 10.7. The number of hydrogen-bond acceptors (Lipinski definition) is 9. The maximum absolute atomic E-state index is 13.3. The minimum absolute atomic E-state index is 0.0677. The Morgan fingerprint density at radius 2 is 2.06 bits per heavy atom.